The number of hydrogen-bond acceptors (Lipinski definition) is 6. The Morgan fingerprint density at radius 3 is 2.67 bits per heavy atom. The van der Waals surface area contributed by atoms with Crippen LogP contribution in [0.2, 0.25) is 0 Å². The molecule has 1 aromatic carbocycles. The summed E-state index contributed by atoms with van der Waals surface area (Å²) >= 11 is 1.43. The molecule has 0 aliphatic carbocycles. The van der Waals surface area contributed by atoms with Gasteiger partial charge in [0, 0.05) is 11.3 Å². The number of aliphatic imine (C=N–C) groups is 1. The molecule has 0 spiro atoms. The minimum Gasteiger partial charge on any atom is -0.494 e. The minimum absolute atomic E-state index is 0.0187. The molecule has 2 rings (SSSR count). The van der Waals surface area contributed by atoms with E-state index >= 15 is 0 Å². The number of Topliss-reactive ketones (excluding diaryl/α,β-unsaturated/α-hetero) is 1. The van der Waals surface area contributed by atoms with Gasteiger partial charge in [0.2, 0.25) is 0 Å². The standard InChI is InChI=1S/C15H17NO4S/c1-3-20-11-6-4-10(5-7-11)13(17)8-14-16-12(9-21-14)15(18)19-2/h4-7,12H,3,8-9H2,1-2H3. The lowest BCUT2D eigenvalue weighted by molar-refractivity contribution is -0.141. The highest BCUT2D eigenvalue weighted by Gasteiger charge is 2.26. The van der Waals surface area contributed by atoms with E-state index in [0.717, 1.165) is 5.75 Å². The van der Waals surface area contributed by atoms with E-state index in [0.29, 0.717) is 23.0 Å². The average Bonchev–Trinajstić information content (AvgIpc) is 2.96. The molecule has 0 aromatic heterocycles. The van der Waals surface area contributed by atoms with Gasteiger partial charge in [-0.25, -0.2) is 4.79 Å². The van der Waals surface area contributed by atoms with Gasteiger partial charge in [0.15, 0.2) is 11.8 Å². The number of hydrogen-bond donors (Lipinski definition) is 0. The van der Waals surface area contributed by atoms with Gasteiger partial charge in [-0.05, 0) is 31.2 Å². The first-order valence-electron chi connectivity index (χ1n) is 6.67. The summed E-state index contributed by atoms with van der Waals surface area (Å²) in [6, 6.07) is 6.55. The van der Waals surface area contributed by atoms with Gasteiger partial charge in [0.05, 0.1) is 25.2 Å². The summed E-state index contributed by atoms with van der Waals surface area (Å²) in [7, 11) is 1.34. The maximum Gasteiger partial charge on any atom is 0.331 e. The fourth-order valence-electron chi connectivity index (χ4n) is 1.92. The summed E-state index contributed by atoms with van der Waals surface area (Å²) in [5.74, 6) is 0.909. The van der Waals surface area contributed by atoms with Crippen molar-refractivity contribution in [3.63, 3.8) is 0 Å². The Balaban J connectivity index is 1.97. The molecule has 1 heterocycles. The number of nitrogens with zero attached hydrogens (tertiary/aromatic N) is 1. The molecule has 0 saturated carbocycles. The van der Waals surface area contributed by atoms with E-state index in [1.165, 1.54) is 18.9 Å². The van der Waals surface area contributed by atoms with Gasteiger partial charge in [0.25, 0.3) is 0 Å². The summed E-state index contributed by atoms with van der Waals surface area (Å²) in [6.45, 7) is 2.50. The lowest BCUT2D eigenvalue weighted by Gasteiger charge is -2.04. The Morgan fingerprint density at radius 1 is 1.33 bits per heavy atom. The number of benzene rings is 1. The Hall–Kier alpha value is -1.82. The van der Waals surface area contributed by atoms with Crippen LogP contribution in [0.4, 0.5) is 0 Å². The zero-order chi connectivity index (χ0) is 15.2. The molecule has 1 aliphatic heterocycles. The normalized spacial score (nSPS) is 17.2. The summed E-state index contributed by atoms with van der Waals surface area (Å²) in [5.41, 5.74) is 0.614. The third kappa shape index (κ3) is 4.07. The predicted octanol–water partition coefficient (Wildman–Crippen LogP) is 2.34. The lowest BCUT2D eigenvalue weighted by atomic mass is 10.1. The molecule has 1 aromatic rings. The summed E-state index contributed by atoms with van der Waals surface area (Å²) in [5, 5.41) is 0.685. The smallest absolute Gasteiger partial charge is 0.331 e. The Morgan fingerprint density at radius 2 is 2.05 bits per heavy atom. The molecule has 1 unspecified atom stereocenters. The Kier molecular flexibility index (Phi) is 5.38. The second kappa shape index (κ2) is 7.26. The molecule has 21 heavy (non-hydrogen) atoms. The highest BCUT2D eigenvalue weighted by Crippen LogP contribution is 2.23. The molecular weight excluding hydrogens is 290 g/mol. The fourth-order valence-corrected chi connectivity index (χ4v) is 2.92. The van der Waals surface area contributed by atoms with Gasteiger partial charge in [-0.1, -0.05) is 0 Å². The van der Waals surface area contributed by atoms with Gasteiger partial charge in [-0.3, -0.25) is 9.79 Å². The summed E-state index contributed by atoms with van der Waals surface area (Å²) < 4.78 is 9.99. The molecule has 0 saturated heterocycles. The third-order valence-corrected chi connectivity index (χ3v) is 4.05. The van der Waals surface area contributed by atoms with E-state index < -0.39 is 6.04 Å². The first-order valence-corrected chi connectivity index (χ1v) is 7.66. The van der Waals surface area contributed by atoms with Gasteiger partial charge >= 0.3 is 5.97 Å². The molecule has 0 bridgehead atoms. The first-order chi connectivity index (χ1) is 10.1. The van der Waals surface area contributed by atoms with E-state index in [4.69, 9.17) is 4.74 Å². The van der Waals surface area contributed by atoms with Crippen molar-refractivity contribution in [1.82, 2.24) is 0 Å². The predicted molar refractivity (Wildman–Crippen MR) is 82.3 cm³/mol. The van der Waals surface area contributed by atoms with Gasteiger partial charge in [0.1, 0.15) is 5.75 Å². The van der Waals surface area contributed by atoms with Crippen LogP contribution in [0, 0.1) is 0 Å². The molecule has 0 N–H and O–H groups in total. The quantitative estimate of drug-likeness (QED) is 0.596. The number of ketones is 1. The van der Waals surface area contributed by atoms with Crippen molar-refractivity contribution in [2.75, 3.05) is 19.5 Å². The number of methoxy groups -OCH3 is 1. The van der Waals surface area contributed by atoms with E-state index in [1.807, 2.05) is 6.92 Å². The van der Waals surface area contributed by atoms with Crippen LogP contribution in [0.1, 0.15) is 23.7 Å². The number of carbonyl (C=O) groups excluding carboxylic acids is 2. The van der Waals surface area contributed by atoms with Crippen LogP contribution in [0.25, 0.3) is 0 Å². The number of rotatable bonds is 6. The van der Waals surface area contributed by atoms with Crippen molar-refractivity contribution in [1.29, 1.82) is 0 Å². The van der Waals surface area contributed by atoms with E-state index in [-0.39, 0.29) is 18.2 Å². The topological polar surface area (TPSA) is 65.0 Å². The first kappa shape index (κ1) is 15.6. The second-order valence-corrected chi connectivity index (χ2v) is 5.52. The van der Waals surface area contributed by atoms with Gasteiger partial charge in [-0.2, -0.15) is 0 Å². The zero-order valence-electron chi connectivity index (χ0n) is 12.0. The van der Waals surface area contributed by atoms with Crippen molar-refractivity contribution in [3.05, 3.63) is 29.8 Å². The molecule has 1 atom stereocenters. The molecular formula is C15H17NO4S. The minimum atomic E-state index is -0.483. The average molecular weight is 307 g/mol. The van der Waals surface area contributed by atoms with Crippen molar-refractivity contribution in [2.45, 2.75) is 19.4 Å². The molecule has 6 heteroatoms. The van der Waals surface area contributed by atoms with Crippen molar-refractivity contribution < 1.29 is 19.1 Å². The van der Waals surface area contributed by atoms with E-state index in [2.05, 4.69) is 9.73 Å². The third-order valence-electron chi connectivity index (χ3n) is 2.98. The number of esters is 1. The largest absolute Gasteiger partial charge is 0.494 e. The Bertz CT molecular complexity index is 553. The van der Waals surface area contributed by atoms with E-state index in [9.17, 15) is 9.59 Å². The number of ether oxygens (including phenoxy) is 2. The van der Waals surface area contributed by atoms with Gasteiger partial charge < -0.3 is 9.47 Å². The van der Waals surface area contributed by atoms with Crippen LogP contribution in [0.15, 0.2) is 29.3 Å². The molecule has 5 nitrogen and oxygen atoms in total. The molecule has 0 radical (unpaired) electrons. The summed E-state index contributed by atoms with van der Waals surface area (Å²) in [6.07, 6.45) is 0.214. The highest BCUT2D eigenvalue weighted by atomic mass is 32.2. The number of carbonyl (C=O) groups is 2. The summed E-state index contributed by atoms with van der Waals surface area (Å²) in [4.78, 5) is 27.8. The van der Waals surface area contributed by atoms with E-state index in [1.54, 1.807) is 24.3 Å². The van der Waals surface area contributed by atoms with Crippen LogP contribution in [0.5, 0.6) is 5.75 Å². The van der Waals surface area contributed by atoms with Crippen LogP contribution in [-0.4, -0.2) is 42.3 Å². The van der Waals surface area contributed by atoms with Crippen LogP contribution >= 0.6 is 11.8 Å². The molecule has 0 amide bonds. The molecule has 0 fully saturated rings. The van der Waals surface area contributed by atoms with Crippen LogP contribution < -0.4 is 4.74 Å². The lowest BCUT2D eigenvalue weighted by Crippen LogP contribution is -2.19. The number of thioether (sulfide) groups is 1. The molecule has 112 valence electrons. The van der Waals surface area contributed by atoms with Crippen molar-refractivity contribution in [2.24, 2.45) is 4.99 Å². The van der Waals surface area contributed by atoms with Gasteiger partial charge in [-0.15, -0.1) is 11.8 Å². The van der Waals surface area contributed by atoms with Crippen LogP contribution in [-0.2, 0) is 9.53 Å². The monoisotopic (exact) mass is 307 g/mol. The van der Waals surface area contributed by atoms with Crippen LogP contribution in [0.3, 0.4) is 0 Å². The molecule has 1 aliphatic rings. The van der Waals surface area contributed by atoms with Crippen molar-refractivity contribution >= 4 is 28.6 Å². The Labute approximate surface area is 127 Å². The SMILES string of the molecule is CCOc1ccc(C(=O)CC2=NC(C(=O)OC)CS2)cc1. The fraction of sp³-hybridized carbons (Fsp3) is 0.400. The zero-order valence-corrected chi connectivity index (χ0v) is 12.8. The maximum absolute atomic E-state index is 12.2. The highest BCUT2D eigenvalue weighted by molar-refractivity contribution is 8.14. The maximum atomic E-state index is 12.2. The van der Waals surface area contributed by atoms with Crippen molar-refractivity contribution in [3.8, 4) is 5.75 Å². The second-order valence-electron chi connectivity index (χ2n) is 4.43.